The minimum Gasteiger partial charge on any atom is -0.325 e. The number of carbonyl (C=O) groups is 2. The van der Waals surface area contributed by atoms with Gasteiger partial charge in [0.25, 0.3) is 0 Å². The van der Waals surface area contributed by atoms with E-state index in [1.54, 1.807) is 24.3 Å². The molecule has 0 saturated carbocycles. The molecule has 2 aromatic carbocycles. The largest absolute Gasteiger partial charge is 0.325 e. The Kier molecular flexibility index (Phi) is 4.08. The predicted molar refractivity (Wildman–Crippen MR) is 91.2 cm³/mol. The first kappa shape index (κ1) is 15.2. The first-order valence-corrected chi connectivity index (χ1v) is 7.85. The molecule has 0 saturated heterocycles. The molecule has 0 aliphatic heterocycles. The summed E-state index contributed by atoms with van der Waals surface area (Å²) >= 11 is 1.12. The molecule has 5 nitrogen and oxygen atoms in total. The van der Waals surface area contributed by atoms with E-state index in [-0.39, 0.29) is 23.1 Å². The minimum atomic E-state index is -0.309. The molecule has 0 unspecified atom stereocenters. The quantitative estimate of drug-likeness (QED) is 0.750. The Labute approximate surface area is 136 Å². The Morgan fingerprint density at radius 3 is 2.70 bits per heavy atom. The summed E-state index contributed by atoms with van der Waals surface area (Å²) < 4.78 is 2.30. The van der Waals surface area contributed by atoms with Crippen LogP contribution in [0.25, 0.3) is 10.2 Å². The molecule has 0 bridgehead atoms. The third-order valence-corrected chi connectivity index (χ3v) is 4.39. The molecule has 6 heteroatoms. The van der Waals surface area contributed by atoms with Crippen molar-refractivity contribution in [1.82, 2.24) is 4.57 Å². The van der Waals surface area contributed by atoms with Gasteiger partial charge in [-0.3, -0.25) is 19.0 Å². The maximum absolute atomic E-state index is 12.2. The fraction of sp³-hybridized carbons (Fsp3) is 0.118. The standard InChI is InChI=1S/C17H14N2O3S/c1-11(20)12-5-4-6-13(9-12)18-16(21)10-19-14-7-2-3-8-15(14)23-17(19)22/h2-9H,10H2,1H3,(H,18,21). The molecule has 23 heavy (non-hydrogen) atoms. The van der Waals surface area contributed by atoms with Crippen molar-refractivity contribution >= 4 is 38.9 Å². The minimum absolute atomic E-state index is 0.0624. The molecule has 3 rings (SSSR count). The first-order valence-electron chi connectivity index (χ1n) is 7.04. The van der Waals surface area contributed by atoms with Gasteiger partial charge in [0, 0.05) is 11.3 Å². The van der Waals surface area contributed by atoms with Gasteiger partial charge >= 0.3 is 4.87 Å². The summed E-state index contributed by atoms with van der Waals surface area (Å²) in [6.45, 7) is 1.41. The van der Waals surface area contributed by atoms with Gasteiger partial charge in [0.15, 0.2) is 5.78 Å². The van der Waals surface area contributed by atoms with Crippen LogP contribution < -0.4 is 10.2 Å². The first-order chi connectivity index (χ1) is 11.0. The number of rotatable bonds is 4. The third kappa shape index (κ3) is 3.22. The summed E-state index contributed by atoms with van der Waals surface area (Å²) in [5.74, 6) is -0.377. The fourth-order valence-electron chi connectivity index (χ4n) is 2.32. The molecular weight excluding hydrogens is 312 g/mol. The fourth-order valence-corrected chi connectivity index (χ4v) is 3.21. The lowest BCUT2D eigenvalue weighted by atomic mass is 10.1. The molecule has 1 aromatic heterocycles. The number of aromatic nitrogens is 1. The van der Waals surface area contributed by atoms with Gasteiger partial charge in [-0.1, -0.05) is 35.6 Å². The number of para-hydroxylation sites is 1. The van der Waals surface area contributed by atoms with Crippen molar-refractivity contribution in [3.63, 3.8) is 0 Å². The Balaban J connectivity index is 1.82. The highest BCUT2D eigenvalue weighted by Crippen LogP contribution is 2.17. The van der Waals surface area contributed by atoms with E-state index in [0.29, 0.717) is 11.3 Å². The van der Waals surface area contributed by atoms with Gasteiger partial charge in [-0.15, -0.1) is 0 Å². The van der Waals surface area contributed by atoms with Crippen molar-refractivity contribution in [3.8, 4) is 0 Å². The molecule has 0 aliphatic rings. The van der Waals surface area contributed by atoms with E-state index in [1.165, 1.54) is 11.5 Å². The zero-order valence-electron chi connectivity index (χ0n) is 12.4. The van der Waals surface area contributed by atoms with E-state index in [2.05, 4.69) is 5.32 Å². The van der Waals surface area contributed by atoms with Gasteiger partial charge in [0.1, 0.15) is 6.54 Å². The van der Waals surface area contributed by atoms with Crippen LogP contribution in [0.4, 0.5) is 5.69 Å². The highest BCUT2D eigenvalue weighted by molar-refractivity contribution is 7.16. The van der Waals surface area contributed by atoms with Crippen LogP contribution >= 0.6 is 11.3 Å². The van der Waals surface area contributed by atoms with E-state index >= 15 is 0 Å². The summed E-state index contributed by atoms with van der Waals surface area (Å²) in [7, 11) is 0. The average molecular weight is 326 g/mol. The molecule has 1 amide bonds. The molecule has 0 aliphatic carbocycles. The van der Waals surface area contributed by atoms with Crippen LogP contribution in [0.2, 0.25) is 0 Å². The lowest BCUT2D eigenvalue weighted by molar-refractivity contribution is -0.116. The Morgan fingerprint density at radius 2 is 1.91 bits per heavy atom. The monoisotopic (exact) mass is 326 g/mol. The van der Waals surface area contributed by atoms with Crippen LogP contribution in [0.1, 0.15) is 17.3 Å². The number of benzene rings is 2. The van der Waals surface area contributed by atoms with Crippen molar-refractivity contribution in [2.75, 3.05) is 5.32 Å². The molecule has 0 radical (unpaired) electrons. The van der Waals surface area contributed by atoms with Gasteiger partial charge in [-0.25, -0.2) is 0 Å². The van der Waals surface area contributed by atoms with E-state index < -0.39 is 0 Å². The number of hydrogen-bond donors (Lipinski definition) is 1. The van der Waals surface area contributed by atoms with E-state index in [9.17, 15) is 14.4 Å². The Morgan fingerprint density at radius 1 is 1.13 bits per heavy atom. The van der Waals surface area contributed by atoms with Gasteiger partial charge in [0.05, 0.1) is 10.2 Å². The average Bonchev–Trinajstić information content (AvgIpc) is 2.83. The third-order valence-electron chi connectivity index (χ3n) is 3.43. The Hall–Kier alpha value is -2.73. The second-order valence-corrected chi connectivity index (χ2v) is 6.10. The maximum Gasteiger partial charge on any atom is 0.308 e. The number of nitrogens with zero attached hydrogens (tertiary/aromatic N) is 1. The van der Waals surface area contributed by atoms with Crippen molar-refractivity contribution in [1.29, 1.82) is 0 Å². The van der Waals surface area contributed by atoms with Crippen LogP contribution in [-0.4, -0.2) is 16.3 Å². The highest BCUT2D eigenvalue weighted by atomic mass is 32.1. The zero-order chi connectivity index (χ0) is 16.4. The number of thiazole rings is 1. The molecule has 1 heterocycles. The SMILES string of the molecule is CC(=O)c1cccc(NC(=O)Cn2c(=O)sc3ccccc32)c1. The zero-order valence-corrected chi connectivity index (χ0v) is 13.2. The van der Waals surface area contributed by atoms with Crippen LogP contribution in [-0.2, 0) is 11.3 Å². The summed E-state index contributed by atoms with van der Waals surface area (Å²) in [5.41, 5.74) is 1.81. The number of amides is 1. The molecule has 116 valence electrons. The number of carbonyl (C=O) groups excluding carboxylic acids is 2. The van der Waals surface area contributed by atoms with Crippen molar-refractivity contribution < 1.29 is 9.59 Å². The number of Topliss-reactive ketones (excluding diaryl/α,β-unsaturated/α-hetero) is 1. The predicted octanol–water partition coefficient (Wildman–Crippen LogP) is 2.90. The molecule has 3 aromatic rings. The van der Waals surface area contributed by atoms with E-state index in [4.69, 9.17) is 0 Å². The lowest BCUT2D eigenvalue weighted by Crippen LogP contribution is -2.24. The summed E-state index contributed by atoms with van der Waals surface area (Å²) in [4.78, 5) is 35.4. The molecule has 0 atom stereocenters. The topological polar surface area (TPSA) is 68.2 Å². The molecule has 0 spiro atoms. The van der Waals surface area contributed by atoms with Crippen LogP contribution in [0, 0.1) is 0 Å². The van der Waals surface area contributed by atoms with Crippen molar-refractivity contribution in [2.45, 2.75) is 13.5 Å². The normalized spacial score (nSPS) is 10.7. The number of ketones is 1. The van der Waals surface area contributed by atoms with Gasteiger partial charge in [-0.2, -0.15) is 0 Å². The van der Waals surface area contributed by atoms with Crippen molar-refractivity contribution in [3.05, 3.63) is 63.8 Å². The number of nitrogens with one attached hydrogen (secondary N) is 1. The van der Waals surface area contributed by atoms with Crippen LogP contribution in [0.15, 0.2) is 53.3 Å². The van der Waals surface area contributed by atoms with Gasteiger partial charge < -0.3 is 5.32 Å². The second-order valence-electron chi connectivity index (χ2n) is 5.11. The maximum atomic E-state index is 12.2. The van der Waals surface area contributed by atoms with Crippen LogP contribution in [0.3, 0.4) is 0 Å². The van der Waals surface area contributed by atoms with Crippen LogP contribution in [0.5, 0.6) is 0 Å². The number of anilines is 1. The molecule has 1 N–H and O–H groups in total. The smallest absolute Gasteiger partial charge is 0.308 e. The summed E-state index contributed by atoms with van der Waals surface area (Å²) in [6.07, 6.45) is 0. The van der Waals surface area contributed by atoms with E-state index in [1.807, 2.05) is 24.3 Å². The highest BCUT2D eigenvalue weighted by Gasteiger charge is 2.11. The second kappa shape index (κ2) is 6.18. The Bertz CT molecular complexity index is 956. The summed E-state index contributed by atoms with van der Waals surface area (Å²) in [6, 6.07) is 14.1. The molecular formula is C17H14N2O3S. The lowest BCUT2D eigenvalue weighted by Gasteiger charge is -2.07. The number of fused-ring (bicyclic) bond motifs is 1. The van der Waals surface area contributed by atoms with Crippen molar-refractivity contribution in [2.24, 2.45) is 0 Å². The van der Waals surface area contributed by atoms with E-state index in [0.717, 1.165) is 21.6 Å². The molecule has 0 fully saturated rings. The summed E-state index contributed by atoms with van der Waals surface area (Å²) in [5, 5.41) is 2.72. The number of hydrogen-bond acceptors (Lipinski definition) is 4. The van der Waals surface area contributed by atoms with Gasteiger partial charge in [0.2, 0.25) is 5.91 Å². The van der Waals surface area contributed by atoms with Gasteiger partial charge in [-0.05, 0) is 31.2 Å².